The van der Waals surface area contributed by atoms with Crippen LogP contribution < -0.4 is 5.32 Å². The number of aliphatic hydroxyl groups is 4. The van der Waals surface area contributed by atoms with Crippen LogP contribution in [0.25, 0.3) is 0 Å². The molecule has 0 saturated heterocycles. The zero-order valence-corrected chi connectivity index (χ0v) is 52.4. The minimum Gasteiger partial charge on any atom is -0.394 e. The lowest BCUT2D eigenvalue weighted by Gasteiger charge is -2.27. The lowest BCUT2D eigenvalue weighted by Crippen LogP contribution is -2.53. The molecule has 0 aromatic heterocycles. The Kier molecular flexibility index (Phi) is 64.6. The number of aliphatic hydroxyl groups excluding tert-OH is 4. The second kappa shape index (κ2) is 66.1. The number of unbranched alkanes of at least 4 members (excludes halogenated alkanes) is 48. The average Bonchev–Trinajstić information content (AvgIpc) is 3.45. The van der Waals surface area contributed by atoms with Gasteiger partial charge in [-0.3, -0.25) is 4.79 Å². The third kappa shape index (κ3) is 58.9. The van der Waals surface area contributed by atoms with Crippen molar-refractivity contribution in [2.45, 2.75) is 398 Å². The number of hydrogen-bond acceptors (Lipinski definition) is 5. The van der Waals surface area contributed by atoms with Crippen LogP contribution in [-0.2, 0) is 4.79 Å². The normalized spacial score (nSPS) is 13.8. The molecule has 0 aliphatic heterocycles. The fourth-order valence-electron chi connectivity index (χ4n) is 11.0. The topological polar surface area (TPSA) is 110 Å². The highest BCUT2D eigenvalue weighted by Crippen LogP contribution is 2.19. The highest BCUT2D eigenvalue weighted by atomic mass is 16.3. The minimum absolute atomic E-state index is 0.360. The van der Waals surface area contributed by atoms with Crippen molar-refractivity contribution in [3.05, 3.63) is 48.6 Å². The molecule has 6 nitrogen and oxygen atoms in total. The number of allylic oxidation sites excluding steroid dienone is 8. The molecule has 0 aromatic carbocycles. The summed E-state index contributed by atoms with van der Waals surface area (Å²) in [5, 5.41) is 44.2. The van der Waals surface area contributed by atoms with E-state index in [-0.39, 0.29) is 0 Å². The summed E-state index contributed by atoms with van der Waals surface area (Å²) >= 11 is 0. The van der Waals surface area contributed by atoms with Gasteiger partial charge in [-0.2, -0.15) is 0 Å². The second-order valence-corrected chi connectivity index (χ2v) is 24.2. The molecule has 4 atom stereocenters. The SMILES string of the molecule is CCCCCCCCCCCCC/C=C\C/C=C\CCCCCCCCCCCCCCCCCCC(O)C(=O)NC(CO)C(O)C(O)CCC/C=C/CC/C=C/CCCCCCCCCCCCCCCCCCCCC. The van der Waals surface area contributed by atoms with Crippen LogP contribution in [-0.4, -0.2) is 57.3 Å². The van der Waals surface area contributed by atoms with Crippen molar-refractivity contribution in [2.24, 2.45) is 0 Å². The monoisotopic (exact) mass is 1100 g/mol. The summed E-state index contributed by atoms with van der Waals surface area (Å²) < 4.78 is 0. The van der Waals surface area contributed by atoms with Gasteiger partial charge in [0.25, 0.3) is 0 Å². The summed E-state index contributed by atoms with van der Waals surface area (Å²) in [4.78, 5) is 12.7. The van der Waals surface area contributed by atoms with Crippen LogP contribution in [0.15, 0.2) is 48.6 Å². The van der Waals surface area contributed by atoms with Gasteiger partial charge in [0, 0.05) is 0 Å². The van der Waals surface area contributed by atoms with Crippen LogP contribution in [0.5, 0.6) is 0 Å². The summed E-state index contributed by atoms with van der Waals surface area (Å²) in [6, 6.07) is -1.01. The predicted molar refractivity (Wildman–Crippen MR) is 343 cm³/mol. The Labute approximate surface area is 487 Å². The number of rotatable bonds is 65. The minimum atomic E-state index is -1.29. The molecular weight excluding hydrogens is 959 g/mol. The zero-order valence-electron chi connectivity index (χ0n) is 52.4. The molecule has 460 valence electrons. The summed E-state index contributed by atoms with van der Waals surface area (Å²) in [7, 11) is 0. The number of hydrogen-bond donors (Lipinski definition) is 5. The van der Waals surface area contributed by atoms with Gasteiger partial charge < -0.3 is 25.7 Å². The molecule has 0 aromatic rings. The molecule has 0 heterocycles. The Balaban J connectivity index is 3.60. The van der Waals surface area contributed by atoms with Crippen LogP contribution in [0, 0.1) is 0 Å². The Morgan fingerprint density at radius 1 is 0.321 bits per heavy atom. The smallest absolute Gasteiger partial charge is 0.249 e. The second-order valence-electron chi connectivity index (χ2n) is 24.2. The van der Waals surface area contributed by atoms with Crippen molar-refractivity contribution in [3.63, 3.8) is 0 Å². The van der Waals surface area contributed by atoms with E-state index < -0.39 is 36.9 Å². The highest BCUT2D eigenvalue weighted by molar-refractivity contribution is 5.80. The molecular formula is C72H137NO5. The summed E-state index contributed by atoms with van der Waals surface area (Å²) in [5.74, 6) is -0.593. The maximum absolute atomic E-state index is 12.7. The first-order chi connectivity index (χ1) is 38.5. The maximum Gasteiger partial charge on any atom is 0.249 e. The number of nitrogens with one attached hydrogen (secondary N) is 1. The van der Waals surface area contributed by atoms with Crippen molar-refractivity contribution < 1.29 is 25.2 Å². The van der Waals surface area contributed by atoms with Crippen molar-refractivity contribution >= 4 is 5.91 Å². The third-order valence-electron chi connectivity index (χ3n) is 16.5. The van der Waals surface area contributed by atoms with Crippen molar-refractivity contribution in [2.75, 3.05) is 6.61 Å². The molecule has 5 N–H and O–H groups in total. The Bertz CT molecular complexity index is 1280. The first kappa shape index (κ1) is 76.3. The lowest BCUT2D eigenvalue weighted by molar-refractivity contribution is -0.132. The molecule has 0 spiro atoms. The lowest BCUT2D eigenvalue weighted by atomic mass is 10.00. The van der Waals surface area contributed by atoms with E-state index in [1.54, 1.807) is 0 Å². The molecule has 0 bridgehead atoms. The van der Waals surface area contributed by atoms with Gasteiger partial charge in [-0.25, -0.2) is 0 Å². The van der Waals surface area contributed by atoms with Crippen molar-refractivity contribution in [1.29, 1.82) is 0 Å². The van der Waals surface area contributed by atoms with Gasteiger partial charge in [-0.05, 0) is 83.5 Å². The molecule has 1 amide bonds. The quantitative estimate of drug-likeness (QED) is 0.0308. The molecule has 0 aliphatic carbocycles. The van der Waals surface area contributed by atoms with Gasteiger partial charge in [0.2, 0.25) is 5.91 Å². The van der Waals surface area contributed by atoms with Crippen molar-refractivity contribution in [1.82, 2.24) is 5.32 Å². The molecule has 0 aliphatic rings. The van der Waals surface area contributed by atoms with Gasteiger partial charge in [0.05, 0.1) is 18.8 Å². The predicted octanol–water partition coefficient (Wildman–Crippen LogP) is 21.7. The highest BCUT2D eigenvalue weighted by Gasteiger charge is 2.28. The van der Waals surface area contributed by atoms with Gasteiger partial charge in [-0.1, -0.05) is 339 Å². The summed E-state index contributed by atoms with van der Waals surface area (Å²) in [6.45, 7) is 4.09. The Morgan fingerprint density at radius 3 is 0.885 bits per heavy atom. The molecule has 6 heteroatoms. The third-order valence-corrected chi connectivity index (χ3v) is 16.5. The first-order valence-corrected chi connectivity index (χ1v) is 35.0. The summed E-state index contributed by atoms with van der Waals surface area (Å²) in [5.41, 5.74) is 0. The number of amides is 1. The maximum atomic E-state index is 12.7. The Morgan fingerprint density at radius 2 is 0.577 bits per heavy atom. The van der Waals surface area contributed by atoms with Gasteiger partial charge in [-0.15, -0.1) is 0 Å². The van der Waals surface area contributed by atoms with Gasteiger partial charge >= 0.3 is 0 Å². The molecule has 0 saturated carbocycles. The van der Waals surface area contributed by atoms with E-state index in [1.807, 2.05) is 0 Å². The average molecular weight is 1100 g/mol. The van der Waals surface area contributed by atoms with Gasteiger partial charge in [0.15, 0.2) is 0 Å². The van der Waals surface area contributed by atoms with Crippen LogP contribution in [0.3, 0.4) is 0 Å². The van der Waals surface area contributed by atoms with Crippen LogP contribution in [0.2, 0.25) is 0 Å². The molecule has 0 fully saturated rings. The molecule has 78 heavy (non-hydrogen) atoms. The summed E-state index contributed by atoms with van der Waals surface area (Å²) in [6.07, 6.45) is 86.7. The largest absolute Gasteiger partial charge is 0.394 e. The Hall–Kier alpha value is -1.73. The molecule has 4 unspecified atom stereocenters. The van der Waals surface area contributed by atoms with Gasteiger partial charge in [0.1, 0.15) is 12.2 Å². The van der Waals surface area contributed by atoms with E-state index in [4.69, 9.17) is 0 Å². The van der Waals surface area contributed by atoms with Crippen LogP contribution in [0.4, 0.5) is 0 Å². The number of carbonyl (C=O) groups excluding carboxylic acids is 1. The van der Waals surface area contributed by atoms with E-state index in [1.165, 1.54) is 295 Å². The molecule has 0 radical (unpaired) electrons. The van der Waals surface area contributed by atoms with Crippen LogP contribution >= 0.6 is 0 Å². The van der Waals surface area contributed by atoms with Crippen LogP contribution in [0.1, 0.15) is 373 Å². The van der Waals surface area contributed by atoms with E-state index in [9.17, 15) is 25.2 Å². The first-order valence-electron chi connectivity index (χ1n) is 35.0. The van der Waals surface area contributed by atoms with E-state index in [0.29, 0.717) is 19.3 Å². The number of carbonyl (C=O) groups is 1. The zero-order chi connectivity index (χ0) is 56.6. The van der Waals surface area contributed by atoms with Crippen molar-refractivity contribution in [3.8, 4) is 0 Å². The standard InChI is InChI=1S/C72H137NO5/c1-3-5-7-9-11-13-15-17-19-21-23-25-27-29-31-33-34-35-36-37-38-40-42-44-46-48-50-52-54-56-58-60-62-64-66-70(76)72(78)73-68(67-74)71(77)69(75)65-63-61-59-57-55-53-51-49-47-45-43-41-39-32-30-28-26-24-22-20-18-16-14-12-10-8-6-4-2/h27,29,33-34,49,51,57,59,68-71,74-77H,3-26,28,30-32,35-48,50,52-56,58,60-67H2,1-2H3,(H,73,78)/b29-27-,34-33-,51-49+,59-57+. The van der Waals surface area contributed by atoms with E-state index in [2.05, 4.69) is 67.8 Å². The fourth-order valence-corrected chi connectivity index (χ4v) is 11.0. The van der Waals surface area contributed by atoms with E-state index in [0.717, 1.165) is 44.9 Å². The molecule has 0 rings (SSSR count). The van der Waals surface area contributed by atoms with E-state index >= 15 is 0 Å². The fraction of sp³-hybridized carbons (Fsp3) is 0.875.